The zero-order valence-corrected chi connectivity index (χ0v) is 13.9. The van der Waals surface area contributed by atoms with Crippen LogP contribution in [0.5, 0.6) is 0 Å². The van der Waals surface area contributed by atoms with Crippen LogP contribution in [0.2, 0.25) is 0 Å². The molecule has 0 aromatic carbocycles. The first-order valence-electron chi connectivity index (χ1n) is 7.79. The third kappa shape index (κ3) is 3.15. The summed E-state index contributed by atoms with van der Waals surface area (Å²) in [4.78, 5) is 14.1. The predicted octanol–water partition coefficient (Wildman–Crippen LogP) is 3.86. The molecule has 2 heterocycles. The number of esters is 1. The highest BCUT2D eigenvalue weighted by molar-refractivity contribution is 5.86. The first-order chi connectivity index (χ1) is 9.78. The van der Waals surface area contributed by atoms with Gasteiger partial charge in [0.15, 0.2) is 0 Å². The van der Waals surface area contributed by atoms with Crippen LogP contribution >= 0.6 is 0 Å². The van der Waals surface area contributed by atoms with Crippen LogP contribution in [0, 0.1) is 5.41 Å². The summed E-state index contributed by atoms with van der Waals surface area (Å²) in [6.45, 7) is 13.2. The second-order valence-corrected chi connectivity index (χ2v) is 6.95. The lowest BCUT2D eigenvalue weighted by Gasteiger charge is -2.53. The van der Waals surface area contributed by atoms with Gasteiger partial charge in [0, 0.05) is 5.54 Å². The summed E-state index contributed by atoms with van der Waals surface area (Å²) in [7, 11) is 0. The number of hydrogen-bond acceptors (Lipinski definition) is 4. The highest BCUT2D eigenvalue weighted by atomic mass is 16.5. The molecule has 1 aromatic rings. The minimum absolute atomic E-state index is 0.0993. The van der Waals surface area contributed by atoms with Gasteiger partial charge in [0.2, 0.25) is 5.76 Å². The molecule has 1 fully saturated rings. The molecule has 0 saturated carbocycles. The fraction of sp³-hybridized carbons (Fsp3) is 0.706. The summed E-state index contributed by atoms with van der Waals surface area (Å²) >= 11 is 0. The number of rotatable bonds is 4. The van der Waals surface area contributed by atoms with Crippen molar-refractivity contribution in [1.82, 2.24) is 4.90 Å². The first-order valence-corrected chi connectivity index (χ1v) is 7.79. The lowest BCUT2D eigenvalue weighted by atomic mass is 9.68. The summed E-state index contributed by atoms with van der Waals surface area (Å²) in [6, 6.07) is 3.58. The maximum Gasteiger partial charge on any atom is 0.374 e. The van der Waals surface area contributed by atoms with Crippen molar-refractivity contribution < 1.29 is 13.9 Å². The zero-order valence-electron chi connectivity index (χ0n) is 13.9. The molecule has 0 N–H and O–H groups in total. The van der Waals surface area contributed by atoms with Gasteiger partial charge in [-0.3, -0.25) is 4.90 Å². The van der Waals surface area contributed by atoms with Gasteiger partial charge in [-0.2, -0.15) is 0 Å². The standard InChI is InChI=1S/C17H27NO3/c1-6-20-15(19)14-9-8-13(21-14)12-18-11-7-10-16(2,3)17(18,4)5/h8-9H,6-7,10-12H2,1-5H3. The Morgan fingerprint density at radius 1 is 1.33 bits per heavy atom. The van der Waals surface area contributed by atoms with E-state index in [0.717, 1.165) is 18.8 Å². The van der Waals surface area contributed by atoms with Crippen LogP contribution in [0.15, 0.2) is 16.5 Å². The zero-order chi connectivity index (χ0) is 15.7. The molecule has 1 aliphatic rings. The second kappa shape index (κ2) is 5.84. The highest BCUT2D eigenvalue weighted by Crippen LogP contribution is 2.43. The lowest BCUT2D eigenvalue weighted by Crippen LogP contribution is -2.57. The van der Waals surface area contributed by atoms with E-state index in [-0.39, 0.29) is 16.9 Å². The maximum atomic E-state index is 11.7. The average Bonchev–Trinajstić information content (AvgIpc) is 2.84. The van der Waals surface area contributed by atoms with Crippen molar-refractivity contribution in [2.45, 2.75) is 59.5 Å². The number of furan rings is 1. The minimum Gasteiger partial charge on any atom is -0.460 e. The van der Waals surface area contributed by atoms with Gasteiger partial charge in [-0.05, 0) is 57.7 Å². The Balaban J connectivity index is 2.09. The summed E-state index contributed by atoms with van der Waals surface area (Å²) in [5.41, 5.74) is 0.365. The van der Waals surface area contributed by atoms with Crippen molar-refractivity contribution >= 4 is 5.97 Å². The topological polar surface area (TPSA) is 42.7 Å². The van der Waals surface area contributed by atoms with E-state index in [4.69, 9.17) is 9.15 Å². The van der Waals surface area contributed by atoms with Crippen LogP contribution in [0.4, 0.5) is 0 Å². The molecule has 0 aliphatic carbocycles. The molecule has 1 saturated heterocycles. The maximum absolute atomic E-state index is 11.7. The molecule has 0 atom stereocenters. The number of nitrogens with zero attached hydrogens (tertiary/aromatic N) is 1. The summed E-state index contributed by atoms with van der Waals surface area (Å²) in [5, 5.41) is 0. The quantitative estimate of drug-likeness (QED) is 0.791. The summed E-state index contributed by atoms with van der Waals surface area (Å²) in [6.07, 6.45) is 2.44. The van der Waals surface area contributed by atoms with Crippen molar-refractivity contribution in [3.8, 4) is 0 Å². The number of ether oxygens (including phenoxy) is 1. The van der Waals surface area contributed by atoms with E-state index < -0.39 is 0 Å². The van der Waals surface area contributed by atoms with Crippen molar-refractivity contribution in [3.05, 3.63) is 23.7 Å². The van der Waals surface area contributed by atoms with Crippen LogP contribution in [0.1, 0.15) is 63.8 Å². The summed E-state index contributed by atoms with van der Waals surface area (Å²) < 4.78 is 10.6. The molecular formula is C17H27NO3. The Labute approximate surface area is 127 Å². The molecule has 1 aromatic heterocycles. The molecule has 118 valence electrons. The van der Waals surface area contributed by atoms with Gasteiger partial charge >= 0.3 is 5.97 Å². The Kier molecular flexibility index (Phi) is 4.47. The number of likely N-dealkylation sites (tertiary alicyclic amines) is 1. The fourth-order valence-electron chi connectivity index (χ4n) is 2.96. The van der Waals surface area contributed by atoms with Gasteiger partial charge in [-0.1, -0.05) is 13.8 Å². The number of hydrogen-bond donors (Lipinski definition) is 0. The van der Waals surface area contributed by atoms with Gasteiger partial charge in [0.05, 0.1) is 13.2 Å². The van der Waals surface area contributed by atoms with E-state index >= 15 is 0 Å². The van der Waals surface area contributed by atoms with E-state index in [0.29, 0.717) is 12.4 Å². The smallest absolute Gasteiger partial charge is 0.374 e. The van der Waals surface area contributed by atoms with Gasteiger partial charge < -0.3 is 9.15 Å². The molecule has 0 radical (unpaired) electrons. The van der Waals surface area contributed by atoms with E-state index in [2.05, 4.69) is 32.6 Å². The van der Waals surface area contributed by atoms with Crippen molar-refractivity contribution in [1.29, 1.82) is 0 Å². The van der Waals surface area contributed by atoms with Crippen LogP contribution in [-0.2, 0) is 11.3 Å². The van der Waals surface area contributed by atoms with E-state index in [1.165, 1.54) is 12.8 Å². The molecule has 0 amide bonds. The van der Waals surface area contributed by atoms with Gasteiger partial charge in [0.25, 0.3) is 0 Å². The van der Waals surface area contributed by atoms with Gasteiger partial charge in [0.1, 0.15) is 5.76 Å². The molecular weight excluding hydrogens is 266 g/mol. The first kappa shape index (κ1) is 16.1. The Morgan fingerprint density at radius 2 is 2.05 bits per heavy atom. The van der Waals surface area contributed by atoms with Crippen molar-refractivity contribution in [3.63, 3.8) is 0 Å². The van der Waals surface area contributed by atoms with Gasteiger partial charge in [-0.15, -0.1) is 0 Å². The van der Waals surface area contributed by atoms with Crippen molar-refractivity contribution in [2.75, 3.05) is 13.2 Å². The average molecular weight is 293 g/mol. The third-order valence-electron chi connectivity index (χ3n) is 5.16. The molecule has 4 heteroatoms. The van der Waals surface area contributed by atoms with E-state index in [9.17, 15) is 4.79 Å². The monoisotopic (exact) mass is 293 g/mol. The second-order valence-electron chi connectivity index (χ2n) is 6.95. The molecule has 4 nitrogen and oxygen atoms in total. The molecule has 0 bridgehead atoms. The normalized spacial score (nSPS) is 21.2. The van der Waals surface area contributed by atoms with E-state index in [1.807, 2.05) is 6.07 Å². The van der Waals surface area contributed by atoms with Gasteiger partial charge in [-0.25, -0.2) is 4.79 Å². The fourth-order valence-corrected chi connectivity index (χ4v) is 2.96. The molecule has 2 rings (SSSR count). The highest BCUT2D eigenvalue weighted by Gasteiger charge is 2.44. The molecule has 1 aliphatic heterocycles. The number of piperidine rings is 1. The van der Waals surface area contributed by atoms with Crippen LogP contribution in [0.3, 0.4) is 0 Å². The SMILES string of the molecule is CCOC(=O)c1ccc(CN2CCCC(C)(C)C2(C)C)o1. The number of carbonyl (C=O) groups excluding carboxylic acids is 1. The van der Waals surface area contributed by atoms with E-state index in [1.54, 1.807) is 13.0 Å². The third-order valence-corrected chi connectivity index (χ3v) is 5.16. The molecule has 0 spiro atoms. The molecule has 0 unspecified atom stereocenters. The molecule has 21 heavy (non-hydrogen) atoms. The van der Waals surface area contributed by atoms with Crippen LogP contribution in [0.25, 0.3) is 0 Å². The Morgan fingerprint density at radius 3 is 2.71 bits per heavy atom. The Hall–Kier alpha value is -1.29. The summed E-state index contributed by atoms with van der Waals surface area (Å²) in [5.74, 6) is 0.728. The van der Waals surface area contributed by atoms with Crippen LogP contribution < -0.4 is 0 Å². The van der Waals surface area contributed by atoms with Crippen molar-refractivity contribution in [2.24, 2.45) is 5.41 Å². The number of carbonyl (C=O) groups is 1. The predicted molar refractivity (Wildman–Crippen MR) is 82.2 cm³/mol. The Bertz CT molecular complexity index is 502. The lowest BCUT2D eigenvalue weighted by molar-refractivity contribution is -0.0394. The van der Waals surface area contributed by atoms with Crippen LogP contribution in [-0.4, -0.2) is 29.6 Å². The minimum atomic E-state index is -0.387. The largest absolute Gasteiger partial charge is 0.460 e.